The van der Waals surface area contributed by atoms with Gasteiger partial charge in [0.05, 0.1) is 16.3 Å². The monoisotopic (exact) mass is 253 g/mol. The molecule has 3 nitrogen and oxygen atoms in total. The fraction of sp³-hybridized carbons (Fsp3) is 0.538. The van der Waals surface area contributed by atoms with Gasteiger partial charge in [-0.15, -0.1) is 0 Å². The van der Waals surface area contributed by atoms with Gasteiger partial charge in [0.2, 0.25) is 0 Å². The van der Waals surface area contributed by atoms with Crippen LogP contribution in [0.2, 0.25) is 0 Å². The van der Waals surface area contributed by atoms with Crippen molar-refractivity contribution in [2.24, 2.45) is 5.92 Å². The minimum atomic E-state index is -3.13. The zero-order valence-electron chi connectivity index (χ0n) is 10.5. The summed E-state index contributed by atoms with van der Waals surface area (Å²) in [7, 11) is -3.13. The van der Waals surface area contributed by atoms with Gasteiger partial charge in [0.1, 0.15) is 0 Å². The van der Waals surface area contributed by atoms with Gasteiger partial charge in [0.25, 0.3) is 0 Å². The van der Waals surface area contributed by atoms with Crippen LogP contribution in [0.25, 0.3) is 0 Å². The van der Waals surface area contributed by atoms with Crippen molar-refractivity contribution in [3.8, 4) is 0 Å². The summed E-state index contributed by atoms with van der Waals surface area (Å²) in [6, 6.07) is 5.69. The first-order chi connectivity index (χ1) is 7.94. The van der Waals surface area contributed by atoms with Gasteiger partial charge in [-0.2, -0.15) is 0 Å². The van der Waals surface area contributed by atoms with Crippen LogP contribution in [-0.4, -0.2) is 20.2 Å². The van der Waals surface area contributed by atoms with E-state index in [1.54, 1.807) is 6.07 Å². The van der Waals surface area contributed by atoms with E-state index in [9.17, 15) is 8.42 Å². The molecule has 1 aliphatic heterocycles. The summed E-state index contributed by atoms with van der Waals surface area (Å²) in [4.78, 5) is 0.466. The van der Waals surface area contributed by atoms with Gasteiger partial charge in [-0.05, 0) is 30.0 Å². The molecule has 0 saturated carbocycles. The Morgan fingerprint density at radius 2 is 2.12 bits per heavy atom. The zero-order chi connectivity index (χ0) is 12.6. The van der Waals surface area contributed by atoms with Crippen LogP contribution < -0.4 is 5.32 Å². The Balaban J connectivity index is 2.49. The normalized spacial score (nSPS) is 22.0. The van der Waals surface area contributed by atoms with Crippen molar-refractivity contribution in [2.45, 2.75) is 38.1 Å². The highest BCUT2D eigenvalue weighted by Gasteiger charge is 2.31. The lowest BCUT2D eigenvalue weighted by atomic mass is 10.1. The van der Waals surface area contributed by atoms with Gasteiger partial charge >= 0.3 is 0 Å². The minimum Gasteiger partial charge on any atom is -0.380 e. The molecule has 17 heavy (non-hydrogen) atoms. The van der Waals surface area contributed by atoms with Crippen LogP contribution in [0.4, 0.5) is 5.69 Å². The molecular weight excluding hydrogens is 234 g/mol. The third-order valence-electron chi connectivity index (χ3n) is 3.33. The number of benzene rings is 1. The van der Waals surface area contributed by atoms with E-state index in [4.69, 9.17) is 0 Å². The number of hydrogen-bond acceptors (Lipinski definition) is 3. The third kappa shape index (κ3) is 2.32. The smallest absolute Gasteiger partial charge is 0.182 e. The van der Waals surface area contributed by atoms with Gasteiger partial charge in [-0.3, -0.25) is 0 Å². The molecule has 94 valence electrons. The van der Waals surface area contributed by atoms with Gasteiger partial charge in [0.15, 0.2) is 9.84 Å². The molecule has 4 heteroatoms. The molecule has 0 aliphatic carbocycles. The van der Waals surface area contributed by atoms with Crippen molar-refractivity contribution in [3.63, 3.8) is 0 Å². The van der Waals surface area contributed by atoms with E-state index in [1.807, 2.05) is 32.9 Å². The third-order valence-corrected chi connectivity index (χ3v) is 5.14. The standard InChI is InChI=1S/C13H19NO2S/c1-4-10-5-6-11-13(7-10)17(15,16)8-12(14-11)9(2)3/h5-7,9,12,14H,4,8H2,1-3H3. The molecular formula is C13H19NO2S. The fourth-order valence-corrected chi connectivity index (χ4v) is 4.00. The second-order valence-electron chi connectivity index (χ2n) is 4.96. The van der Waals surface area contributed by atoms with E-state index in [-0.39, 0.29) is 11.8 Å². The SMILES string of the molecule is CCc1ccc2c(c1)S(=O)(=O)CC(C(C)C)N2. The Labute approximate surface area is 103 Å². The van der Waals surface area contributed by atoms with E-state index in [1.165, 1.54) is 0 Å². The molecule has 0 amide bonds. The Hall–Kier alpha value is -1.03. The molecule has 1 heterocycles. The molecule has 0 radical (unpaired) electrons. The minimum absolute atomic E-state index is 0.0139. The maximum Gasteiger partial charge on any atom is 0.182 e. The zero-order valence-corrected chi connectivity index (χ0v) is 11.3. The molecule has 0 fully saturated rings. The van der Waals surface area contributed by atoms with Gasteiger partial charge in [0, 0.05) is 6.04 Å². The molecule has 0 spiro atoms. The molecule has 1 unspecified atom stereocenters. The molecule has 2 rings (SSSR count). The van der Waals surface area contributed by atoms with Crippen LogP contribution in [0.15, 0.2) is 23.1 Å². The molecule has 1 N–H and O–H groups in total. The van der Waals surface area contributed by atoms with E-state index in [2.05, 4.69) is 5.32 Å². The molecule has 1 aliphatic rings. The summed E-state index contributed by atoms with van der Waals surface area (Å²) < 4.78 is 24.4. The van der Waals surface area contributed by atoms with E-state index >= 15 is 0 Å². The summed E-state index contributed by atoms with van der Waals surface area (Å²) in [5, 5.41) is 3.32. The summed E-state index contributed by atoms with van der Waals surface area (Å²) in [5.41, 5.74) is 1.82. The lowest BCUT2D eigenvalue weighted by molar-refractivity contribution is 0.531. The van der Waals surface area contributed by atoms with Crippen LogP contribution in [0.5, 0.6) is 0 Å². The number of fused-ring (bicyclic) bond motifs is 1. The Morgan fingerprint density at radius 1 is 1.41 bits per heavy atom. The maximum atomic E-state index is 12.2. The summed E-state index contributed by atoms with van der Waals surface area (Å²) in [6.07, 6.45) is 0.858. The van der Waals surface area contributed by atoms with Gasteiger partial charge in [-0.1, -0.05) is 26.8 Å². The molecule has 1 aromatic rings. The number of aryl methyl sites for hydroxylation is 1. The number of sulfone groups is 1. The molecule has 1 aromatic carbocycles. The highest BCUT2D eigenvalue weighted by molar-refractivity contribution is 7.91. The van der Waals surface area contributed by atoms with Crippen molar-refractivity contribution in [1.29, 1.82) is 0 Å². The van der Waals surface area contributed by atoms with Crippen molar-refractivity contribution in [3.05, 3.63) is 23.8 Å². The van der Waals surface area contributed by atoms with Crippen molar-refractivity contribution < 1.29 is 8.42 Å². The second kappa shape index (κ2) is 4.33. The van der Waals surface area contributed by atoms with E-state index in [0.29, 0.717) is 10.8 Å². The summed E-state index contributed by atoms with van der Waals surface area (Å²) >= 11 is 0. The fourth-order valence-electron chi connectivity index (χ4n) is 2.09. The second-order valence-corrected chi connectivity index (χ2v) is 6.96. The van der Waals surface area contributed by atoms with Gasteiger partial charge < -0.3 is 5.32 Å². The van der Waals surface area contributed by atoms with Gasteiger partial charge in [-0.25, -0.2) is 8.42 Å². The molecule has 0 saturated heterocycles. The first-order valence-corrected chi connectivity index (χ1v) is 7.71. The van der Waals surface area contributed by atoms with Crippen LogP contribution in [0.1, 0.15) is 26.3 Å². The summed E-state index contributed by atoms with van der Waals surface area (Å²) in [6.45, 7) is 6.11. The molecule has 0 bridgehead atoms. The topological polar surface area (TPSA) is 46.2 Å². The van der Waals surface area contributed by atoms with Crippen molar-refractivity contribution in [1.82, 2.24) is 0 Å². The van der Waals surface area contributed by atoms with Crippen LogP contribution in [0, 0.1) is 5.92 Å². The Bertz CT molecular complexity index is 520. The maximum absolute atomic E-state index is 12.2. The Morgan fingerprint density at radius 3 is 2.71 bits per heavy atom. The first-order valence-electron chi connectivity index (χ1n) is 6.06. The number of nitrogens with one attached hydrogen (secondary N) is 1. The predicted molar refractivity (Wildman–Crippen MR) is 70.1 cm³/mol. The van der Waals surface area contributed by atoms with Crippen molar-refractivity contribution in [2.75, 3.05) is 11.1 Å². The average Bonchev–Trinajstić information content (AvgIpc) is 2.27. The quantitative estimate of drug-likeness (QED) is 0.880. The summed E-state index contributed by atoms with van der Waals surface area (Å²) in [5.74, 6) is 0.508. The van der Waals surface area contributed by atoms with E-state index < -0.39 is 9.84 Å². The highest BCUT2D eigenvalue weighted by atomic mass is 32.2. The van der Waals surface area contributed by atoms with Crippen molar-refractivity contribution >= 4 is 15.5 Å². The van der Waals surface area contributed by atoms with Crippen LogP contribution >= 0.6 is 0 Å². The lowest BCUT2D eigenvalue weighted by Gasteiger charge is -2.29. The number of rotatable bonds is 2. The predicted octanol–water partition coefficient (Wildman–Crippen LogP) is 2.47. The first kappa shape index (κ1) is 12.4. The largest absolute Gasteiger partial charge is 0.380 e. The van der Waals surface area contributed by atoms with Crippen LogP contribution in [-0.2, 0) is 16.3 Å². The highest BCUT2D eigenvalue weighted by Crippen LogP contribution is 2.31. The van der Waals surface area contributed by atoms with E-state index in [0.717, 1.165) is 17.7 Å². The average molecular weight is 253 g/mol. The molecule has 1 atom stereocenters. The number of hydrogen-bond donors (Lipinski definition) is 1. The Kier molecular flexibility index (Phi) is 3.17. The van der Waals surface area contributed by atoms with Crippen LogP contribution in [0.3, 0.4) is 0 Å². The molecule has 0 aromatic heterocycles. The number of anilines is 1. The lowest BCUT2D eigenvalue weighted by Crippen LogP contribution is -2.38.